The molecule has 2 rings (SSSR count). The fraction of sp³-hybridized carbons (Fsp3) is 0.429. The van der Waals surface area contributed by atoms with Crippen LogP contribution >= 0.6 is 0 Å². The van der Waals surface area contributed by atoms with Crippen LogP contribution in [0.15, 0.2) is 18.2 Å². The van der Waals surface area contributed by atoms with Crippen molar-refractivity contribution in [1.82, 2.24) is 5.32 Å². The van der Waals surface area contributed by atoms with E-state index in [0.29, 0.717) is 30.3 Å². The molecule has 0 saturated carbocycles. The highest BCUT2D eigenvalue weighted by molar-refractivity contribution is 6.01. The predicted molar refractivity (Wildman–Crippen MR) is 74.1 cm³/mol. The third-order valence-corrected chi connectivity index (χ3v) is 3.31. The smallest absolute Gasteiger partial charge is 0.338 e. The summed E-state index contributed by atoms with van der Waals surface area (Å²) in [7, 11) is 0. The van der Waals surface area contributed by atoms with Gasteiger partial charge < -0.3 is 20.5 Å². The van der Waals surface area contributed by atoms with Crippen LogP contribution in [0.4, 0.5) is 10.5 Å². The first-order chi connectivity index (χ1) is 9.58. The van der Waals surface area contributed by atoms with E-state index in [1.807, 2.05) is 0 Å². The van der Waals surface area contributed by atoms with Crippen LogP contribution in [0.2, 0.25) is 0 Å². The standard InChI is InChI=1S/C14H18N2O4/c1-9-3-2-4-11(12(9)13(17)18)16-14(19)15-7-10-5-6-20-8-10/h2-4,10H,5-8H2,1H3,(H,17,18)(H2,15,16,19). The normalized spacial score (nSPS) is 17.8. The molecule has 0 spiro atoms. The number of amides is 2. The summed E-state index contributed by atoms with van der Waals surface area (Å²) in [5.41, 5.74) is 1.03. The van der Waals surface area contributed by atoms with E-state index in [-0.39, 0.29) is 5.56 Å². The highest BCUT2D eigenvalue weighted by Crippen LogP contribution is 2.19. The van der Waals surface area contributed by atoms with Gasteiger partial charge in [0.25, 0.3) is 0 Å². The Balaban J connectivity index is 1.96. The zero-order chi connectivity index (χ0) is 14.5. The minimum Gasteiger partial charge on any atom is -0.478 e. The number of hydrogen-bond donors (Lipinski definition) is 3. The Morgan fingerprint density at radius 1 is 1.45 bits per heavy atom. The van der Waals surface area contributed by atoms with Crippen molar-refractivity contribution in [2.45, 2.75) is 13.3 Å². The van der Waals surface area contributed by atoms with Crippen molar-refractivity contribution in [1.29, 1.82) is 0 Å². The molecule has 6 heteroatoms. The molecule has 1 aliphatic rings. The molecule has 0 aromatic heterocycles. The van der Waals surface area contributed by atoms with Crippen LogP contribution in [0.5, 0.6) is 0 Å². The highest BCUT2D eigenvalue weighted by atomic mass is 16.5. The molecule has 1 aromatic rings. The fourth-order valence-corrected chi connectivity index (χ4v) is 2.20. The lowest BCUT2D eigenvalue weighted by Crippen LogP contribution is -2.33. The zero-order valence-corrected chi connectivity index (χ0v) is 11.3. The van der Waals surface area contributed by atoms with Crippen LogP contribution in [0.1, 0.15) is 22.3 Å². The molecule has 1 fully saturated rings. The Hall–Kier alpha value is -2.08. The summed E-state index contributed by atoms with van der Waals surface area (Å²) in [6.45, 7) is 3.61. The molecule has 108 valence electrons. The Bertz CT molecular complexity index is 510. The summed E-state index contributed by atoms with van der Waals surface area (Å²) >= 11 is 0. The molecule has 1 aliphatic heterocycles. The summed E-state index contributed by atoms with van der Waals surface area (Å²) in [5, 5.41) is 14.5. The number of urea groups is 1. The van der Waals surface area contributed by atoms with Gasteiger partial charge >= 0.3 is 12.0 Å². The number of carboxylic acids is 1. The lowest BCUT2D eigenvalue weighted by molar-refractivity contribution is 0.0697. The average Bonchev–Trinajstić information content (AvgIpc) is 2.89. The van der Waals surface area contributed by atoms with Crippen LogP contribution in [-0.2, 0) is 4.74 Å². The van der Waals surface area contributed by atoms with E-state index < -0.39 is 12.0 Å². The van der Waals surface area contributed by atoms with Gasteiger partial charge in [-0.1, -0.05) is 12.1 Å². The van der Waals surface area contributed by atoms with Crippen LogP contribution in [0, 0.1) is 12.8 Å². The number of carbonyl (C=O) groups is 2. The van der Waals surface area contributed by atoms with Gasteiger partial charge in [-0.2, -0.15) is 0 Å². The zero-order valence-electron chi connectivity index (χ0n) is 11.3. The average molecular weight is 278 g/mol. The Labute approximate surface area is 117 Å². The van der Waals surface area contributed by atoms with Gasteiger partial charge in [-0.05, 0) is 25.0 Å². The third-order valence-electron chi connectivity index (χ3n) is 3.31. The summed E-state index contributed by atoms with van der Waals surface area (Å²) < 4.78 is 5.22. The summed E-state index contributed by atoms with van der Waals surface area (Å²) in [6, 6.07) is 4.59. The fourth-order valence-electron chi connectivity index (χ4n) is 2.20. The number of anilines is 1. The largest absolute Gasteiger partial charge is 0.478 e. The molecule has 0 aliphatic carbocycles. The van der Waals surface area contributed by atoms with Crippen molar-refractivity contribution in [3.05, 3.63) is 29.3 Å². The third kappa shape index (κ3) is 3.48. The summed E-state index contributed by atoms with van der Waals surface area (Å²) in [6.07, 6.45) is 0.936. The Morgan fingerprint density at radius 3 is 2.90 bits per heavy atom. The molecule has 20 heavy (non-hydrogen) atoms. The lowest BCUT2D eigenvalue weighted by atomic mass is 10.1. The number of aryl methyl sites for hydroxylation is 1. The first-order valence-corrected chi connectivity index (χ1v) is 6.53. The van der Waals surface area contributed by atoms with Gasteiger partial charge in [-0.3, -0.25) is 0 Å². The number of hydrogen-bond acceptors (Lipinski definition) is 3. The number of benzene rings is 1. The number of carboxylic acid groups (broad SMARTS) is 1. The molecular formula is C14H18N2O4. The first-order valence-electron chi connectivity index (χ1n) is 6.53. The van der Waals surface area contributed by atoms with Gasteiger partial charge in [0.2, 0.25) is 0 Å². The number of carbonyl (C=O) groups excluding carboxylic acids is 1. The molecule has 0 radical (unpaired) electrons. The van der Waals surface area contributed by atoms with Crippen molar-refractivity contribution < 1.29 is 19.4 Å². The maximum atomic E-state index is 11.8. The van der Waals surface area contributed by atoms with E-state index in [1.165, 1.54) is 0 Å². The number of nitrogens with one attached hydrogen (secondary N) is 2. The van der Waals surface area contributed by atoms with Crippen LogP contribution in [0.25, 0.3) is 0 Å². The Kier molecular flexibility index (Phi) is 4.57. The number of aromatic carboxylic acids is 1. The second-order valence-electron chi connectivity index (χ2n) is 4.87. The maximum Gasteiger partial charge on any atom is 0.338 e. The molecule has 6 nitrogen and oxygen atoms in total. The molecule has 1 heterocycles. The van der Waals surface area contributed by atoms with Crippen molar-refractivity contribution in [2.24, 2.45) is 5.92 Å². The summed E-state index contributed by atoms with van der Waals surface area (Å²) in [4.78, 5) is 23.0. The minimum absolute atomic E-state index is 0.117. The van der Waals surface area contributed by atoms with Crippen LogP contribution in [-0.4, -0.2) is 36.9 Å². The van der Waals surface area contributed by atoms with Gasteiger partial charge in [0.05, 0.1) is 17.9 Å². The molecule has 1 unspecified atom stereocenters. The predicted octanol–water partition coefficient (Wildman–Crippen LogP) is 1.85. The molecule has 3 N–H and O–H groups in total. The molecule has 1 saturated heterocycles. The van der Waals surface area contributed by atoms with Gasteiger partial charge in [0.1, 0.15) is 0 Å². The summed E-state index contributed by atoms with van der Waals surface area (Å²) in [5.74, 6) is -0.722. The van der Waals surface area contributed by atoms with Gasteiger partial charge in [0.15, 0.2) is 0 Å². The topological polar surface area (TPSA) is 87.7 Å². The van der Waals surface area contributed by atoms with E-state index in [9.17, 15) is 14.7 Å². The molecule has 2 amide bonds. The monoisotopic (exact) mass is 278 g/mol. The second kappa shape index (κ2) is 6.38. The number of ether oxygens (including phenoxy) is 1. The van der Waals surface area contributed by atoms with Crippen LogP contribution < -0.4 is 10.6 Å². The van der Waals surface area contributed by atoms with E-state index in [4.69, 9.17) is 4.74 Å². The highest BCUT2D eigenvalue weighted by Gasteiger charge is 2.18. The minimum atomic E-state index is -1.05. The van der Waals surface area contributed by atoms with Gasteiger partial charge in [-0.15, -0.1) is 0 Å². The first kappa shape index (κ1) is 14.3. The lowest BCUT2D eigenvalue weighted by Gasteiger charge is -2.13. The van der Waals surface area contributed by atoms with Crippen molar-refractivity contribution in [2.75, 3.05) is 25.1 Å². The van der Waals surface area contributed by atoms with Crippen molar-refractivity contribution in [3.8, 4) is 0 Å². The quantitative estimate of drug-likeness (QED) is 0.784. The van der Waals surface area contributed by atoms with Crippen LogP contribution in [0.3, 0.4) is 0 Å². The van der Waals surface area contributed by atoms with E-state index in [1.54, 1.807) is 25.1 Å². The van der Waals surface area contributed by atoms with Gasteiger partial charge in [0, 0.05) is 19.1 Å². The Morgan fingerprint density at radius 2 is 2.25 bits per heavy atom. The second-order valence-corrected chi connectivity index (χ2v) is 4.87. The van der Waals surface area contributed by atoms with Gasteiger partial charge in [-0.25, -0.2) is 9.59 Å². The molecule has 0 bridgehead atoms. The SMILES string of the molecule is Cc1cccc(NC(=O)NCC2CCOC2)c1C(=O)O. The van der Waals surface area contributed by atoms with Crippen molar-refractivity contribution in [3.63, 3.8) is 0 Å². The molecule has 1 aromatic carbocycles. The van der Waals surface area contributed by atoms with E-state index in [2.05, 4.69) is 10.6 Å². The molecule has 1 atom stereocenters. The number of rotatable bonds is 4. The van der Waals surface area contributed by atoms with E-state index >= 15 is 0 Å². The van der Waals surface area contributed by atoms with Crippen molar-refractivity contribution >= 4 is 17.7 Å². The molecular weight excluding hydrogens is 260 g/mol. The maximum absolute atomic E-state index is 11.8. The van der Waals surface area contributed by atoms with E-state index in [0.717, 1.165) is 13.0 Å².